The van der Waals surface area contributed by atoms with Crippen LogP contribution in [-0.2, 0) is 11.3 Å². The lowest BCUT2D eigenvalue weighted by Crippen LogP contribution is -2.27. The standard InChI is InChI=1S/C14H20N2O/c1-13(10-15)11-16(2)8-9-17-12-14-6-4-3-5-7-14/h3-7,13H,8-9,11-12H2,1-2H3. The van der Waals surface area contributed by atoms with Crippen molar-refractivity contribution in [3.8, 4) is 6.07 Å². The molecule has 3 heteroatoms. The summed E-state index contributed by atoms with van der Waals surface area (Å²) in [6, 6.07) is 12.4. The van der Waals surface area contributed by atoms with Crippen molar-refractivity contribution >= 4 is 0 Å². The largest absolute Gasteiger partial charge is 0.375 e. The molecule has 3 nitrogen and oxygen atoms in total. The Labute approximate surface area is 104 Å². The Morgan fingerprint density at radius 3 is 2.71 bits per heavy atom. The van der Waals surface area contributed by atoms with Crippen LogP contribution in [0, 0.1) is 17.2 Å². The van der Waals surface area contributed by atoms with Gasteiger partial charge in [0.2, 0.25) is 0 Å². The van der Waals surface area contributed by atoms with Crippen molar-refractivity contribution in [2.24, 2.45) is 5.92 Å². The van der Waals surface area contributed by atoms with E-state index in [0.717, 1.165) is 13.1 Å². The molecule has 0 aliphatic rings. The Bertz CT molecular complexity index is 345. The summed E-state index contributed by atoms with van der Waals surface area (Å²) in [5, 5.41) is 8.70. The van der Waals surface area contributed by atoms with Gasteiger partial charge in [0.15, 0.2) is 0 Å². The van der Waals surface area contributed by atoms with Crippen LogP contribution in [0.3, 0.4) is 0 Å². The van der Waals surface area contributed by atoms with E-state index in [-0.39, 0.29) is 5.92 Å². The summed E-state index contributed by atoms with van der Waals surface area (Å²) >= 11 is 0. The van der Waals surface area contributed by atoms with E-state index in [9.17, 15) is 0 Å². The van der Waals surface area contributed by atoms with E-state index in [1.165, 1.54) is 5.56 Å². The van der Waals surface area contributed by atoms with Crippen molar-refractivity contribution in [2.75, 3.05) is 26.7 Å². The van der Waals surface area contributed by atoms with Gasteiger partial charge in [0.05, 0.1) is 25.2 Å². The third-order valence-electron chi connectivity index (χ3n) is 2.53. The zero-order chi connectivity index (χ0) is 12.5. The first-order valence-electron chi connectivity index (χ1n) is 5.92. The molecule has 1 atom stereocenters. The molecule has 1 rings (SSSR count). The van der Waals surface area contributed by atoms with Gasteiger partial charge in [-0.25, -0.2) is 0 Å². The molecule has 0 aromatic heterocycles. The molecular weight excluding hydrogens is 212 g/mol. The van der Waals surface area contributed by atoms with Gasteiger partial charge in [0.1, 0.15) is 0 Å². The van der Waals surface area contributed by atoms with E-state index in [0.29, 0.717) is 13.2 Å². The predicted octanol–water partition coefficient (Wildman–Crippen LogP) is 2.29. The van der Waals surface area contributed by atoms with Crippen LogP contribution in [0.25, 0.3) is 0 Å². The van der Waals surface area contributed by atoms with Gasteiger partial charge in [0.25, 0.3) is 0 Å². The van der Waals surface area contributed by atoms with Crippen LogP contribution in [0.1, 0.15) is 12.5 Å². The Morgan fingerprint density at radius 2 is 2.06 bits per heavy atom. The number of hydrogen-bond acceptors (Lipinski definition) is 3. The van der Waals surface area contributed by atoms with Gasteiger partial charge in [-0.1, -0.05) is 30.3 Å². The zero-order valence-corrected chi connectivity index (χ0v) is 10.6. The molecular formula is C14H20N2O. The summed E-state index contributed by atoms with van der Waals surface area (Å²) in [4.78, 5) is 2.12. The van der Waals surface area contributed by atoms with Crippen molar-refractivity contribution in [3.63, 3.8) is 0 Å². The highest BCUT2D eigenvalue weighted by Crippen LogP contribution is 2.01. The fourth-order valence-corrected chi connectivity index (χ4v) is 1.58. The van der Waals surface area contributed by atoms with Crippen LogP contribution in [-0.4, -0.2) is 31.6 Å². The summed E-state index contributed by atoms with van der Waals surface area (Å²) in [6.07, 6.45) is 0. The number of likely N-dealkylation sites (N-methyl/N-ethyl adjacent to an activating group) is 1. The molecule has 0 aliphatic heterocycles. The number of ether oxygens (including phenoxy) is 1. The number of hydrogen-bond donors (Lipinski definition) is 0. The number of rotatable bonds is 7. The lowest BCUT2D eigenvalue weighted by molar-refractivity contribution is 0.0979. The Hall–Kier alpha value is -1.37. The van der Waals surface area contributed by atoms with Crippen molar-refractivity contribution in [3.05, 3.63) is 35.9 Å². The summed E-state index contributed by atoms with van der Waals surface area (Å²) in [5.74, 6) is 0.0779. The number of nitriles is 1. The Balaban J connectivity index is 2.10. The number of nitrogens with zero attached hydrogens (tertiary/aromatic N) is 2. The third kappa shape index (κ3) is 6.06. The molecule has 0 saturated heterocycles. The smallest absolute Gasteiger partial charge is 0.0717 e. The average Bonchev–Trinajstić information content (AvgIpc) is 2.36. The predicted molar refractivity (Wildman–Crippen MR) is 68.4 cm³/mol. The van der Waals surface area contributed by atoms with Crippen LogP contribution in [0.15, 0.2) is 30.3 Å². The topological polar surface area (TPSA) is 36.3 Å². The van der Waals surface area contributed by atoms with Crippen LogP contribution < -0.4 is 0 Å². The molecule has 1 aromatic carbocycles. The minimum atomic E-state index is 0.0779. The lowest BCUT2D eigenvalue weighted by Gasteiger charge is -2.17. The van der Waals surface area contributed by atoms with Gasteiger partial charge in [-0.05, 0) is 19.5 Å². The van der Waals surface area contributed by atoms with Gasteiger partial charge in [-0.15, -0.1) is 0 Å². The SMILES string of the molecule is CC(C#N)CN(C)CCOCc1ccccc1. The van der Waals surface area contributed by atoms with Crippen LogP contribution in [0.4, 0.5) is 0 Å². The van der Waals surface area contributed by atoms with Crippen LogP contribution in [0.2, 0.25) is 0 Å². The monoisotopic (exact) mass is 232 g/mol. The average molecular weight is 232 g/mol. The first-order valence-corrected chi connectivity index (χ1v) is 5.92. The summed E-state index contributed by atoms with van der Waals surface area (Å²) < 4.78 is 5.58. The second-order valence-electron chi connectivity index (χ2n) is 4.33. The van der Waals surface area contributed by atoms with E-state index in [4.69, 9.17) is 10.00 Å². The fourth-order valence-electron chi connectivity index (χ4n) is 1.58. The third-order valence-corrected chi connectivity index (χ3v) is 2.53. The Kier molecular flexibility index (Phi) is 6.31. The summed E-state index contributed by atoms with van der Waals surface area (Å²) in [6.45, 7) is 4.94. The number of benzene rings is 1. The minimum absolute atomic E-state index is 0.0779. The van der Waals surface area contributed by atoms with Gasteiger partial charge in [-0.3, -0.25) is 0 Å². The highest BCUT2D eigenvalue weighted by molar-refractivity contribution is 5.13. The maximum Gasteiger partial charge on any atom is 0.0717 e. The molecule has 0 amide bonds. The van der Waals surface area contributed by atoms with Crippen molar-refractivity contribution in [1.29, 1.82) is 5.26 Å². The van der Waals surface area contributed by atoms with E-state index in [2.05, 4.69) is 23.1 Å². The van der Waals surface area contributed by atoms with Gasteiger partial charge in [-0.2, -0.15) is 5.26 Å². The molecule has 0 heterocycles. The van der Waals surface area contributed by atoms with Crippen LogP contribution >= 0.6 is 0 Å². The molecule has 0 radical (unpaired) electrons. The highest BCUT2D eigenvalue weighted by Gasteiger charge is 2.04. The summed E-state index contributed by atoms with van der Waals surface area (Å²) in [7, 11) is 2.01. The van der Waals surface area contributed by atoms with Crippen molar-refractivity contribution in [1.82, 2.24) is 4.90 Å². The van der Waals surface area contributed by atoms with Gasteiger partial charge >= 0.3 is 0 Å². The molecule has 1 aromatic rings. The highest BCUT2D eigenvalue weighted by atomic mass is 16.5. The quantitative estimate of drug-likeness (QED) is 0.677. The summed E-state index contributed by atoms with van der Waals surface area (Å²) in [5.41, 5.74) is 1.19. The van der Waals surface area contributed by atoms with Gasteiger partial charge in [0, 0.05) is 13.1 Å². The first-order chi connectivity index (χ1) is 8.22. The molecule has 92 valence electrons. The van der Waals surface area contributed by atoms with Crippen LogP contribution in [0.5, 0.6) is 0 Å². The Morgan fingerprint density at radius 1 is 1.35 bits per heavy atom. The van der Waals surface area contributed by atoms with E-state index < -0.39 is 0 Å². The normalized spacial score (nSPS) is 12.4. The first kappa shape index (κ1) is 13.7. The second-order valence-corrected chi connectivity index (χ2v) is 4.33. The van der Waals surface area contributed by atoms with E-state index in [1.54, 1.807) is 0 Å². The maximum absolute atomic E-state index is 8.70. The molecule has 0 N–H and O–H groups in total. The molecule has 0 fully saturated rings. The van der Waals surface area contributed by atoms with E-state index in [1.807, 2.05) is 32.2 Å². The van der Waals surface area contributed by atoms with Crippen molar-refractivity contribution < 1.29 is 4.74 Å². The zero-order valence-electron chi connectivity index (χ0n) is 10.6. The molecule has 0 aliphatic carbocycles. The molecule has 17 heavy (non-hydrogen) atoms. The lowest BCUT2D eigenvalue weighted by atomic mass is 10.2. The molecule has 1 unspecified atom stereocenters. The van der Waals surface area contributed by atoms with E-state index >= 15 is 0 Å². The second kappa shape index (κ2) is 7.83. The van der Waals surface area contributed by atoms with Crippen molar-refractivity contribution in [2.45, 2.75) is 13.5 Å². The molecule has 0 bridgehead atoms. The maximum atomic E-state index is 8.70. The van der Waals surface area contributed by atoms with Gasteiger partial charge < -0.3 is 9.64 Å². The minimum Gasteiger partial charge on any atom is -0.375 e. The molecule has 0 saturated carbocycles. The fraction of sp³-hybridized carbons (Fsp3) is 0.500. The molecule has 0 spiro atoms.